The van der Waals surface area contributed by atoms with Crippen molar-refractivity contribution in [2.24, 2.45) is 0 Å². The van der Waals surface area contributed by atoms with Crippen molar-refractivity contribution in [3.8, 4) is 0 Å². The maximum absolute atomic E-state index is 13.1. The van der Waals surface area contributed by atoms with Gasteiger partial charge in [0.15, 0.2) is 0 Å². The van der Waals surface area contributed by atoms with E-state index < -0.39 is 10.0 Å². The molecule has 1 fully saturated rings. The molecule has 24 heavy (non-hydrogen) atoms. The minimum absolute atomic E-state index is 0.0814. The highest BCUT2D eigenvalue weighted by molar-refractivity contribution is 7.89. The van der Waals surface area contributed by atoms with Crippen LogP contribution in [0.25, 0.3) is 0 Å². The van der Waals surface area contributed by atoms with Gasteiger partial charge < -0.3 is 4.90 Å². The van der Waals surface area contributed by atoms with Crippen LogP contribution in [-0.2, 0) is 20.2 Å². The second-order valence-electron chi connectivity index (χ2n) is 7.37. The summed E-state index contributed by atoms with van der Waals surface area (Å²) in [5, 5.41) is 0. The lowest BCUT2D eigenvalue weighted by atomic mass is 9.87. The third kappa shape index (κ3) is 3.81. The minimum Gasteiger partial charge on any atom is -0.340 e. The van der Waals surface area contributed by atoms with Crippen LogP contribution in [0.15, 0.2) is 23.1 Å². The fourth-order valence-electron chi connectivity index (χ4n) is 2.89. The summed E-state index contributed by atoms with van der Waals surface area (Å²) in [6.45, 7) is 11.5. The second kappa shape index (κ2) is 6.84. The molecule has 0 atom stereocenters. The zero-order valence-electron chi connectivity index (χ0n) is 15.3. The topological polar surface area (TPSA) is 57.7 Å². The summed E-state index contributed by atoms with van der Waals surface area (Å²) in [5.41, 5.74) is 1.66. The third-order valence-electron chi connectivity index (χ3n) is 4.57. The van der Waals surface area contributed by atoms with Crippen LogP contribution in [0.4, 0.5) is 0 Å². The first kappa shape index (κ1) is 18.9. The Hall–Kier alpha value is -1.40. The molecule has 0 spiro atoms. The van der Waals surface area contributed by atoms with Gasteiger partial charge in [-0.3, -0.25) is 4.79 Å². The van der Waals surface area contributed by atoms with Crippen molar-refractivity contribution >= 4 is 15.9 Å². The number of aryl methyl sites for hydroxylation is 1. The van der Waals surface area contributed by atoms with Crippen LogP contribution in [0.2, 0.25) is 0 Å². The van der Waals surface area contributed by atoms with Gasteiger partial charge in [0.2, 0.25) is 15.9 Å². The minimum atomic E-state index is -3.54. The SMILES string of the molecule is CCC(=O)N1CCN(S(=O)(=O)c2cc(C(C)(C)C)ccc2C)CC1. The Kier molecular flexibility index (Phi) is 5.40. The molecule has 6 heteroatoms. The average Bonchev–Trinajstić information content (AvgIpc) is 2.53. The van der Waals surface area contributed by atoms with E-state index in [0.717, 1.165) is 11.1 Å². The standard InChI is InChI=1S/C18H28N2O3S/c1-6-17(21)19-9-11-20(12-10-19)24(22,23)16-13-15(18(3,4)5)8-7-14(16)2/h7-8,13H,6,9-12H2,1-5H3. The summed E-state index contributed by atoms with van der Waals surface area (Å²) >= 11 is 0. The summed E-state index contributed by atoms with van der Waals surface area (Å²) in [6, 6.07) is 5.67. The molecule has 1 saturated heterocycles. The van der Waals surface area contributed by atoms with E-state index in [4.69, 9.17) is 0 Å². The summed E-state index contributed by atoms with van der Waals surface area (Å²) in [5.74, 6) is 0.0814. The molecule has 0 unspecified atom stereocenters. The summed E-state index contributed by atoms with van der Waals surface area (Å²) < 4.78 is 27.6. The van der Waals surface area contributed by atoms with Gasteiger partial charge in [-0.2, -0.15) is 4.31 Å². The molecule has 134 valence electrons. The first-order chi connectivity index (χ1) is 11.1. The fraction of sp³-hybridized carbons (Fsp3) is 0.611. The molecule has 2 rings (SSSR count). The molecule has 0 aliphatic carbocycles. The predicted molar refractivity (Wildman–Crippen MR) is 95.5 cm³/mol. The number of carbonyl (C=O) groups excluding carboxylic acids is 1. The lowest BCUT2D eigenvalue weighted by Crippen LogP contribution is -2.50. The molecule has 0 bridgehead atoms. The Morgan fingerprint density at radius 3 is 2.21 bits per heavy atom. The van der Waals surface area contributed by atoms with Crippen molar-refractivity contribution in [2.45, 2.75) is 51.3 Å². The Morgan fingerprint density at radius 2 is 1.71 bits per heavy atom. The first-order valence-corrected chi connectivity index (χ1v) is 9.90. The number of benzene rings is 1. The van der Waals surface area contributed by atoms with Gasteiger partial charge >= 0.3 is 0 Å². The molecular formula is C18H28N2O3S. The monoisotopic (exact) mass is 352 g/mol. The van der Waals surface area contributed by atoms with Crippen LogP contribution < -0.4 is 0 Å². The van der Waals surface area contributed by atoms with E-state index in [0.29, 0.717) is 37.5 Å². The van der Waals surface area contributed by atoms with Gasteiger partial charge in [-0.1, -0.05) is 39.8 Å². The van der Waals surface area contributed by atoms with E-state index in [2.05, 4.69) is 20.8 Å². The molecule has 0 aromatic heterocycles. The van der Waals surface area contributed by atoms with Gasteiger partial charge in [-0.25, -0.2) is 8.42 Å². The number of rotatable bonds is 3. The molecule has 1 heterocycles. The second-order valence-corrected chi connectivity index (χ2v) is 9.28. The third-order valence-corrected chi connectivity index (χ3v) is 6.61. The normalized spacial score (nSPS) is 17.1. The van der Waals surface area contributed by atoms with E-state index in [9.17, 15) is 13.2 Å². The van der Waals surface area contributed by atoms with E-state index in [1.165, 1.54) is 4.31 Å². The molecule has 5 nitrogen and oxygen atoms in total. The number of piperazine rings is 1. The first-order valence-electron chi connectivity index (χ1n) is 8.46. The van der Waals surface area contributed by atoms with Crippen LogP contribution in [0.1, 0.15) is 45.2 Å². The maximum Gasteiger partial charge on any atom is 0.243 e. The number of hydrogen-bond donors (Lipinski definition) is 0. The molecule has 0 radical (unpaired) electrons. The largest absolute Gasteiger partial charge is 0.340 e. The number of amides is 1. The van der Waals surface area contributed by atoms with Crippen LogP contribution in [0.5, 0.6) is 0 Å². The molecule has 1 aliphatic rings. The fourth-order valence-corrected chi connectivity index (χ4v) is 4.56. The quantitative estimate of drug-likeness (QED) is 0.840. The van der Waals surface area contributed by atoms with E-state index in [1.807, 2.05) is 26.0 Å². The van der Waals surface area contributed by atoms with Crippen LogP contribution >= 0.6 is 0 Å². The Bertz CT molecular complexity index is 712. The zero-order valence-corrected chi connectivity index (χ0v) is 16.1. The smallest absolute Gasteiger partial charge is 0.243 e. The maximum atomic E-state index is 13.1. The highest BCUT2D eigenvalue weighted by Crippen LogP contribution is 2.28. The number of carbonyl (C=O) groups is 1. The lowest BCUT2D eigenvalue weighted by Gasteiger charge is -2.34. The highest BCUT2D eigenvalue weighted by atomic mass is 32.2. The molecule has 1 amide bonds. The molecule has 1 aromatic carbocycles. The van der Waals surface area contributed by atoms with Crippen LogP contribution in [0, 0.1) is 6.92 Å². The van der Waals surface area contributed by atoms with Gasteiger partial charge in [0, 0.05) is 32.6 Å². The van der Waals surface area contributed by atoms with Gasteiger partial charge in [-0.15, -0.1) is 0 Å². The summed E-state index contributed by atoms with van der Waals surface area (Å²) in [7, 11) is -3.54. The Morgan fingerprint density at radius 1 is 1.12 bits per heavy atom. The molecule has 0 saturated carbocycles. The van der Waals surface area contributed by atoms with E-state index >= 15 is 0 Å². The van der Waals surface area contributed by atoms with Crippen molar-refractivity contribution in [2.75, 3.05) is 26.2 Å². The van der Waals surface area contributed by atoms with Crippen molar-refractivity contribution < 1.29 is 13.2 Å². The molecule has 1 aliphatic heterocycles. The van der Waals surface area contributed by atoms with Gasteiger partial charge in [-0.05, 0) is 29.5 Å². The highest BCUT2D eigenvalue weighted by Gasteiger charge is 2.31. The number of hydrogen-bond acceptors (Lipinski definition) is 3. The molecule has 1 aromatic rings. The average molecular weight is 353 g/mol. The summed E-state index contributed by atoms with van der Waals surface area (Å²) in [6.07, 6.45) is 0.458. The van der Waals surface area contributed by atoms with Crippen molar-refractivity contribution in [1.82, 2.24) is 9.21 Å². The van der Waals surface area contributed by atoms with Crippen molar-refractivity contribution in [3.05, 3.63) is 29.3 Å². The van der Waals surface area contributed by atoms with Gasteiger partial charge in [0.05, 0.1) is 4.90 Å². The van der Waals surface area contributed by atoms with E-state index in [-0.39, 0.29) is 11.3 Å². The van der Waals surface area contributed by atoms with E-state index in [1.54, 1.807) is 11.0 Å². The molecular weight excluding hydrogens is 324 g/mol. The lowest BCUT2D eigenvalue weighted by molar-refractivity contribution is -0.132. The van der Waals surface area contributed by atoms with Crippen LogP contribution in [-0.4, -0.2) is 49.7 Å². The number of sulfonamides is 1. The predicted octanol–water partition coefficient (Wildman–Crippen LogP) is 2.54. The van der Waals surface area contributed by atoms with Crippen molar-refractivity contribution in [1.29, 1.82) is 0 Å². The number of nitrogens with zero attached hydrogens (tertiary/aromatic N) is 2. The zero-order chi connectivity index (χ0) is 18.1. The summed E-state index contributed by atoms with van der Waals surface area (Å²) in [4.78, 5) is 13.9. The molecule has 0 N–H and O–H groups in total. The van der Waals surface area contributed by atoms with Crippen LogP contribution in [0.3, 0.4) is 0 Å². The Labute approximate surface area is 145 Å². The van der Waals surface area contributed by atoms with Crippen molar-refractivity contribution in [3.63, 3.8) is 0 Å². The van der Waals surface area contributed by atoms with Gasteiger partial charge in [0.1, 0.15) is 0 Å². The Balaban J connectivity index is 2.27. The van der Waals surface area contributed by atoms with Gasteiger partial charge in [0.25, 0.3) is 0 Å².